The average Bonchev–Trinajstić information content (AvgIpc) is 2.98. The molecule has 206 valence electrons. The van der Waals surface area contributed by atoms with Crippen LogP contribution in [0.25, 0.3) is 0 Å². The molecule has 0 aromatic heterocycles. The van der Waals surface area contributed by atoms with Gasteiger partial charge < -0.3 is 5.11 Å². The fourth-order valence-corrected chi connectivity index (χ4v) is 11.2. The Bertz CT molecular complexity index is 1160. The standard InChI is InChI=1S/C36H45O2P/c1-29-28-30(2)35(37)36(38)34(29)26-18-7-5-3-4-6-8-19-27-39(31-20-12-9-13-21-31,32-22-14-10-15-23-32)33-24-16-11-17-25-33/h9-17,20-25,37,39H,3-8,18-19,26-28H2,1-2H3. The fraction of sp³-hybridized carbons (Fsp3) is 0.361. The normalized spacial score (nSPS) is 14.7. The summed E-state index contributed by atoms with van der Waals surface area (Å²) in [7, 11) is -2.10. The van der Waals surface area contributed by atoms with E-state index in [1.165, 1.54) is 60.6 Å². The Balaban J connectivity index is 1.27. The predicted octanol–water partition coefficient (Wildman–Crippen LogP) is 8.35. The molecule has 1 aliphatic carbocycles. The van der Waals surface area contributed by atoms with Gasteiger partial charge in [-0.3, -0.25) is 4.79 Å². The van der Waals surface area contributed by atoms with Crippen molar-refractivity contribution in [1.29, 1.82) is 0 Å². The summed E-state index contributed by atoms with van der Waals surface area (Å²) in [6.07, 6.45) is 12.5. The van der Waals surface area contributed by atoms with Crippen LogP contribution in [0.1, 0.15) is 78.1 Å². The summed E-state index contributed by atoms with van der Waals surface area (Å²) in [5.41, 5.74) is 2.79. The van der Waals surface area contributed by atoms with Gasteiger partial charge in [0.15, 0.2) is 5.76 Å². The molecule has 0 unspecified atom stereocenters. The van der Waals surface area contributed by atoms with Crippen molar-refractivity contribution in [2.24, 2.45) is 0 Å². The maximum absolute atomic E-state index is 12.4. The molecule has 2 nitrogen and oxygen atoms in total. The van der Waals surface area contributed by atoms with E-state index >= 15 is 0 Å². The molecule has 3 aromatic rings. The van der Waals surface area contributed by atoms with E-state index in [0.717, 1.165) is 42.4 Å². The van der Waals surface area contributed by atoms with Crippen molar-refractivity contribution in [1.82, 2.24) is 0 Å². The number of carbonyl (C=O) groups is 1. The smallest absolute Gasteiger partial charge is 0.0429 e. The minimum Gasteiger partial charge on any atom is -0.0429 e. The SMILES string of the molecule is CC1=C(O)C(=O)C(CCCCCCCCCC[PH](c2ccccc2)(c2ccccc2)c2ccccc2)=C(C)C1. The first-order valence-corrected chi connectivity index (χ1v) is 17.0. The van der Waals surface area contributed by atoms with Crippen molar-refractivity contribution < 1.29 is 9.90 Å². The zero-order valence-electron chi connectivity index (χ0n) is 23.8. The number of Topliss-reactive ketones (excluding diaryl/α,β-unsaturated/α-hetero) is 1. The zero-order valence-corrected chi connectivity index (χ0v) is 24.8. The monoisotopic (exact) mass is 540 g/mol. The van der Waals surface area contributed by atoms with Gasteiger partial charge in [-0.05, 0) is 25.8 Å². The molecule has 1 N–H and O–H groups in total. The Morgan fingerprint density at radius 3 is 1.46 bits per heavy atom. The quantitative estimate of drug-likeness (QED) is 0.165. The minimum absolute atomic E-state index is 0.0190. The van der Waals surface area contributed by atoms with Crippen molar-refractivity contribution in [2.45, 2.75) is 78.1 Å². The summed E-state index contributed by atoms with van der Waals surface area (Å²) < 4.78 is 0. The Morgan fingerprint density at radius 1 is 0.590 bits per heavy atom. The molecule has 0 bridgehead atoms. The average molecular weight is 541 g/mol. The van der Waals surface area contributed by atoms with Crippen LogP contribution in [0, 0.1) is 0 Å². The van der Waals surface area contributed by atoms with Crippen LogP contribution >= 0.6 is 7.26 Å². The molecule has 0 saturated heterocycles. The van der Waals surface area contributed by atoms with Crippen molar-refractivity contribution in [3.8, 4) is 0 Å². The third-order valence-electron chi connectivity index (χ3n) is 8.47. The number of unbranched alkanes of at least 4 members (excludes halogenated alkanes) is 7. The van der Waals surface area contributed by atoms with Crippen LogP contribution in [0.5, 0.6) is 0 Å². The van der Waals surface area contributed by atoms with Gasteiger partial charge in [0.25, 0.3) is 0 Å². The molecular weight excluding hydrogens is 495 g/mol. The second-order valence-electron chi connectivity index (χ2n) is 11.2. The fourth-order valence-electron chi connectivity index (χ4n) is 6.30. The molecule has 1 aliphatic rings. The number of carbonyl (C=O) groups excluding carboxylic acids is 1. The van der Waals surface area contributed by atoms with E-state index in [2.05, 4.69) is 91.0 Å². The Labute approximate surface area is 236 Å². The molecule has 3 aromatic carbocycles. The number of rotatable bonds is 14. The Hall–Kier alpha value is -2.96. The van der Waals surface area contributed by atoms with Crippen molar-refractivity contribution in [3.05, 3.63) is 113 Å². The zero-order chi connectivity index (χ0) is 27.5. The number of hydrogen-bond donors (Lipinski definition) is 1. The molecule has 0 atom stereocenters. The molecule has 0 saturated carbocycles. The van der Waals surface area contributed by atoms with Gasteiger partial charge in [0.05, 0.1) is 0 Å². The van der Waals surface area contributed by atoms with Crippen LogP contribution < -0.4 is 15.9 Å². The van der Waals surface area contributed by atoms with Crippen LogP contribution in [0.3, 0.4) is 0 Å². The van der Waals surface area contributed by atoms with E-state index in [9.17, 15) is 9.90 Å². The molecule has 0 aliphatic heterocycles. The van der Waals surface area contributed by atoms with Crippen molar-refractivity contribution >= 4 is 29.0 Å². The number of benzene rings is 3. The van der Waals surface area contributed by atoms with Crippen molar-refractivity contribution in [3.63, 3.8) is 0 Å². The Kier molecular flexibility index (Phi) is 10.7. The third-order valence-corrected chi connectivity index (χ3v) is 13.5. The first-order chi connectivity index (χ1) is 19.0. The van der Waals surface area contributed by atoms with Gasteiger partial charge in [0.1, 0.15) is 0 Å². The summed E-state index contributed by atoms with van der Waals surface area (Å²) >= 11 is 0. The maximum atomic E-state index is 12.4. The molecule has 39 heavy (non-hydrogen) atoms. The van der Waals surface area contributed by atoms with Crippen LogP contribution in [-0.2, 0) is 4.79 Å². The summed E-state index contributed by atoms with van der Waals surface area (Å²) in [6.45, 7) is 3.88. The van der Waals surface area contributed by atoms with Gasteiger partial charge in [-0.15, -0.1) is 0 Å². The number of hydrogen-bond acceptors (Lipinski definition) is 2. The Morgan fingerprint density at radius 2 is 1.00 bits per heavy atom. The first kappa shape index (κ1) is 29.0. The van der Waals surface area contributed by atoms with Gasteiger partial charge in [0, 0.05) is 0 Å². The van der Waals surface area contributed by atoms with Gasteiger partial charge in [-0.1, -0.05) is 0 Å². The summed E-state index contributed by atoms with van der Waals surface area (Å²) in [5, 5.41) is 14.5. The second-order valence-corrected chi connectivity index (χ2v) is 15.3. The summed E-state index contributed by atoms with van der Waals surface area (Å²) in [6, 6.07) is 33.7. The topological polar surface area (TPSA) is 37.3 Å². The third kappa shape index (κ3) is 7.17. The van der Waals surface area contributed by atoms with E-state index in [1.54, 1.807) is 0 Å². The molecular formula is C36H45O2P. The molecule has 3 heteroatoms. The van der Waals surface area contributed by atoms with Crippen LogP contribution in [0.2, 0.25) is 0 Å². The summed E-state index contributed by atoms with van der Waals surface area (Å²) in [4.78, 5) is 12.4. The van der Waals surface area contributed by atoms with Gasteiger partial charge in [-0.2, -0.15) is 0 Å². The first-order valence-electron chi connectivity index (χ1n) is 14.8. The van der Waals surface area contributed by atoms with Crippen LogP contribution in [-0.4, -0.2) is 17.1 Å². The predicted molar refractivity (Wildman–Crippen MR) is 171 cm³/mol. The van der Waals surface area contributed by atoms with E-state index < -0.39 is 7.26 Å². The number of allylic oxidation sites excluding steroid dienone is 3. The molecule has 4 rings (SSSR count). The number of aliphatic hydroxyl groups excluding tert-OH is 1. The van der Waals surface area contributed by atoms with Crippen molar-refractivity contribution in [2.75, 3.05) is 6.16 Å². The molecule has 0 heterocycles. The van der Waals surface area contributed by atoms with E-state index in [4.69, 9.17) is 0 Å². The van der Waals surface area contributed by atoms with Crippen LogP contribution in [0.4, 0.5) is 0 Å². The second kappa shape index (κ2) is 14.4. The minimum atomic E-state index is -2.10. The van der Waals surface area contributed by atoms with Crippen LogP contribution in [0.15, 0.2) is 113 Å². The van der Waals surface area contributed by atoms with Gasteiger partial charge in [0.2, 0.25) is 0 Å². The van der Waals surface area contributed by atoms with E-state index in [1.807, 2.05) is 13.8 Å². The summed E-state index contributed by atoms with van der Waals surface area (Å²) in [5.74, 6) is -0.160. The van der Waals surface area contributed by atoms with Gasteiger partial charge >= 0.3 is 195 Å². The molecule has 0 radical (unpaired) electrons. The molecule has 0 spiro atoms. The van der Waals surface area contributed by atoms with E-state index in [-0.39, 0.29) is 11.5 Å². The number of ketones is 1. The molecule has 0 fully saturated rings. The van der Waals surface area contributed by atoms with Gasteiger partial charge in [-0.25, -0.2) is 0 Å². The van der Waals surface area contributed by atoms with E-state index in [0.29, 0.717) is 0 Å². The molecule has 0 amide bonds. The number of aliphatic hydroxyl groups is 1.